The normalized spacial score (nSPS) is 11.4. The quantitative estimate of drug-likeness (QED) is 0.764. The predicted molar refractivity (Wildman–Crippen MR) is 81.8 cm³/mol. The molecule has 0 spiro atoms. The van der Waals surface area contributed by atoms with Crippen molar-refractivity contribution in [2.75, 3.05) is 6.61 Å². The number of hydrogen-bond acceptors (Lipinski definition) is 4. The van der Waals surface area contributed by atoms with E-state index in [1.54, 1.807) is 38.1 Å². The molecule has 2 rings (SSSR count). The molecule has 0 bridgehead atoms. The van der Waals surface area contributed by atoms with Crippen molar-refractivity contribution in [1.82, 2.24) is 4.98 Å². The number of rotatable bonds is 5. The van der Waals surface area contributed by atoms with E-state index in [9.17, 15) is 18.0 Å². The van der Waals surface area contributed by atoms with Crippen LogP contribution in [0, 0.1) is 0 Å². The standard InChI is InChI=1S/C17H16F3NO3/c1-11(2)24-16(22)15-5-3-4-14(21-15)12-6-8-13(9-7-12)23-10-17(18,19)20/h3-9,11H,10H2,1-2H3. The highest BCUT2D eigenvalue weighted by Crippen LogP contribution is 2.23. The zero-order valence-electron chi connectivity index (χ0n) is 13.1. The number of pyridine rings is 1. The number of alkyl halides is 3. The summed E-state index contributed by atoms with van der Waals surface area (Å²) in [6.07, 6.45) is -4.64. The van der Waals surface area contributed by atoms with Crippen molar-refractivity contribution in [3.8, 4) is 17.0 Å². The third-order valence-corrected chi connectivity index (χ3v) is 2.85. The predicted octanol–water partition coefficient (Wildman–Crippen LogP) is 4.25. The molecule has 0 saturated heterocycles. The van der Waals surface area contributed by atoms with Gasteiger partial charge in [-0.2, -0.15) is 13.2 Å². The first-order valence-electron chi connectivity index (χ1n) is 7.22. The van der Waals surface area contributed by atoms with Crippen LogP contribution in [0.5, 0.6) is 5.75 Å². The third kappa shape index (κ3) is 5.26. The van der Waals surface area contributed by atoms with Gasteiger partial charge in [-0.3, -0.25) is 0 Å². The maximum atomic E-state index is 12.1. The maximum Gasteiger partial charge on any atom is 0.422 e. The largest absolute Gasteiger partial charge is 0.484 e. The van der Waals surface area contributed by atoms with Gasteiger partial charge < -0.3 is 9.47 Å². The number of halogens is 3. The highest BCUT2D eigenvalue weighted by Gasteiger charge is 2.28. The van der Waals surface area contributed by atoms with Crippen molar-refractivity contribution in [1.29, 1.82) is 0 Å². The van der Waals surface area contributed by atoms with Crippen LogP contribution in [0.4, 0.5) is 13.2 Å². The molecule has 1 aromatic heterocycles. The maximum absolute atomic E-state index is 12.1. The van der Waals surface area contributed by atoms with Crippen LogP contribution in [-0.2, 0) is 4.74 Å². The van der Waals surface area contributed by atoms with Crippen LogP contribution in [0.2, 0.25) is 0 Å². The van der Waals surface area contributed by atoms with Crippen molar-refractivity contribution in [2.45, 2.75) is 26.1 Å². The van der Waals surface area contributed by atoms with Crippen molar-refractivity contribution >= 4 is 5.97 Å². The zero-order valence-corrected chi connectivity index (χ0v) is 13.1. The second kappa shape index (κ2) is 7.33. The minimum Gasteiger partial charge on any atom is -0.484 e. The molecule has 7 heteroatoms. The molecule has 0 aliphatic carbocycles. The van der Waals surface area contributed by atoms with Crippen LogP contribution in [0.15, 0.2) is 42.5 Å². The molecule has 0 radical (unpaired) electrons. The highest BCUT2D eigenvalue weighted by molar-refractivity contribution is 5.88. The van der Waals surface area contributed by atoms with Crippen LogP contribution in [-0.4, -0.2) is 29.8 Å². The van der Waals surface area contributed by atoms with E-state index >= 15 is 0 Å². The van der Waals surface area contributed by atoms with E-state index in [-0.39, 0.29) is 17.5 Å². The SMILES string of the molecule is CC(C)OC(=O)c1cccc(-c2ccc(OCC(F)(F)F)cc2)n1. The molecular formula is C17H16F3NO3. The summed E-state index contributed by atoms with van der Waals surface area (Å²) in [4.78, 5) is 16.1. The summed E-state index contributed by atoms with van der Waals surface area (Å²) < 4.78 is 46.1. The van der Waals surface area contributed by atoms with Crippen molar-refractivity contribution < 1.29 is 27.4 Å². The second-order valence-corrected chi connectivity index (χ2v) is 5.29. The van der Waals surface area contributed by atoms with Crippen LogP contribution >= 0.6 is 0 Å². The smallest absolute Gasteiger partial charge is 0.422 e. The number of hydrogen-bond donors (Lipinski definition) is 0. The Bertz CT molecular complexity index is 697. The summed E-state index contributed by atoms with van der Waals surface area (Å²) in [6.45, 7) is 2.13. The van der Waals surface area contributed by atoms with Gasteiger partial charge in [-0.25, -0.2) is 9.78 Å². The Labute approximate surface area is 137 Å². The molecule has 128 valence electrons. The first-order valence-corrected chi connectivity index (χ1v) is 7.22. The molecule has 2 aromatic rings. The summed E-state index contributed by atoms with van der Waals surface area (Å²) in [7, 11) is 0. The summed E-state index contributed by atoms with van der Waals surface area (Å²) in [6, 6.07) is 10.9. The van der Waals surface area contributed by atoms with Crippen LogP contribution in [0.1, 0.15) is 24.3 Å². The second-order valence-electron chi connectivity index (χ2n) is 5.29. The fourth-order valence-electron chi connectivity index (χ4n) is 1.87. The number of esters is 1. The fraction of sp³-hybridized carbons (Fsp3) is 0.294. The third-order valence-electron chi connectivity index (χ3n) is 2.85. The van der Waals surface area contributed by atoms with Crippen molar-refractivity contribution in [3.63, 3.8) is 0 Å². The lowest BCUT2D eigenvalue weighted by atomic mass is 10.1. The first kappa shape index (κ1) is 17.8. The molecule has 0 atom stereocenters. The van der Waals surface area contributed by atoms with Gasteiger partial charge >= 0.3 is 12.1 Å². The molecule has 0 fully saturated rings. The average molecular weight is 339 g/mol. The van der Waals surface area contributed by atoms with Gasteiger partial charge in [-0.15, -0.1) is 0 Å². The van der Waals surface area contributed by atoms with Crippen LogP contribution in [0.3, 0.4) is 0 Å². The Morgan fingerprint density at radius 2 is 1.79 bits per heavy atom. The lowest BCUT2D eigenvalue weighted by Gasteiger charge is -2.10. The molecule has 0 N–H and O–H groups in total. The molecule has 0 unspecified atom stereocenters. The lowest BCUT2D eigenvalue weighted by molar-refractivity contribution is -0.153. The minimum atomic E-state index is -4.38. The molecule has 0 aliphatic heterocycles. The Balaban J connectivity index is 2.13. The van der Waals surface area contributed by atoms with Gasteiger partial charge in [0.15, 0.2) is 6.61 Å². The van der Waals surface area contributed by atoms with E-state index in [1.807, 2.05) is 0 Å². The molecule has 1 heterocycles. The zero-order chi connectivity index (χ0) is 17.7. The number of carbonyl (C=O) groups is 1. The van der Waals surface area contributed by atoms with Gasteiger partial charge in [-0.1, -0.05) is 6.07 Å². The van der Waals surface area contributed by atoms with Gasteiger partial charge in [0.1, 0.15) is 11.4 Å². The lowest BCUT2D eigenvalue weighted by Crippen LogP contribution is -2.19. The number of ether oxygens (including phenoxy) is 2. The Morgan fingerprint density at radius 3 is 2.38 bits per heavy atom. The summed E-state index contributed by atoms with van der Waals surface area (Å²) >= 11 is 0. The molecule has 1 aromatic carbocycles. The van der Waals surface area contributed by atoms with E-state index in [1.165, 1.54) is 18.2 Å². The number of aromatic nitrogens is 1. The Morgan fingerprint density at radius 1 is 1.12 bits per heavy atom. The Hall–Kier alpha value is -2.57. The topological polar surface area (TPSA) is 48.4 Å². The van der Waals surface area contributed by atoms with E-state index in [4.69, 9.17) is 4.74 Å². The highest BCUT2D eigenvalue weighted by atomic mass is 19.4. The monoisotopic (exact) mass is 339 g/mol. The molecule has 4 nitrogen and oxygen atoms in total. The molecule has 0 amide bonds. The average Bonchev–Trinajstić information content (AvgIpc) is 2.52. The van der Waals surface area contributed by atoms with Gasteiger partial charge in [0.2, 0.25) is 0 Å². The molecular weight excluding hydrogens is 323 g/mol. The van der Waals surface area contributed by atoms with Gasteiger partial charge in [0.25, 0.3) is 0 Å². The molecule has 0 saturated carbocycles. The minimum absolute atomic E-state index is 0.103. The van der Waals surface area contributed by atoms with E-state index in [0.717, 1.165) is 0 Å². The number of carbonyl (C=O) groups excluding carboxylic acids is 1. The van der Waals surface area contributed by atoms with Gasteiger partial charge in [0.05, 0.1) is 11.8 Å². The van der Waals surface area contributed by atoms with Crippen molar-refractivity contribution in [3.05, 3.63) is 48.2 Å². The van der Waals surface area contributed by atoms with E-state index in [0.29, 0.717) is 11.3 Å². The summed E-state index contributed by atoms with van der Waals surface area (Å²) in [5, 5.41) is 0. The van der Waals surface area contributed by atoms with E-state index in [2.05, 4.69) is 9.72 Å². The van der Waals surface area contributed by atoms with E-state index < -0.39 is 18.8 Å². The van der Waals surface area contributed by atoms with Crippen molar-refractivity contribution in [2.24, 2.45) is 0 Å². The number of benzene rings is 1. The summed E-state index contributed by atoms with van der Waals surface area (Å²) in [5.41, 5.74) is 1.32. The first-order chi connectivity index (χ1) is 11.2. The van der Waals surface area contributed by atoms with Crippen LogP contribution in [0.25, 0.3) is 11.3 Å². The fourth-order valence-corrected chi connectivity index (χ4v) is 1.87. The van der Waals surface area contributed by atoms with Crippen LogP contribution < -0.4 is 4.74 Å². The molecule has 0 aliphatic rings. The Kier molecular flexibility index (Phi) is 5.43. The molecule has 24 heavy (non-hydrogen) atoms. The number of nitrogens with zero attached hydrogens (tertiary/aromatic N) is 1. The summed E-state index contributed by atoms with van der Waals surface area (Å²) in [5.74, 6) is -0.427. The van der Waals surface area contributed by atoms with Gasteiger partial charge in [0, 0.05) is 5.56 Å². The van der Waals surface area contributed by atoms with Gasteiger partial charge in [-0.05, 0) is 50.2 Å².